The molecular formula is C32H22Cl2N6O4. The van der Waals surface area contributed by atoms with Crippen LogP contribution in [-0.4, -0.2) is 55.8 Å². The molecule has 0 spiro atoms. The van der Waals surface area contributed by atoms with E-state index in [9.17, 15) is 9.59 Å². The zero-order valence-corrected chi connectivity index (χ0v) is 24.8. The molecule has 0 aliphatic heterocycles. The topological polar surface area (TPSA) is 114 Å². The Bertz CT molecular complexity index is 2020. The lowest BCUT2D eigenvalue weighted by Gasteiger charge is -2.11. The summed E-state index contributed by atoms with van der Waals surface area (Å²) in [4.78, 5) is 26.8. The maximum absolute atomic E-state index is 13.4. The number of nitrogens with zero attached hydrogens (tertiary/aromatic N) is 6. The minimum absolute atomic E-state index is 0.159. The molecule has 10 nitrogen and oxygen atoms in total. The van der Waals surface area contributed by atoms with Crippen molar-refractivity contribution in [2.24, 2.45) is 0 Å². The Morgan fingerprint density at radius 1 is 0.705 bits per heavy atom. The quantitative estimate of drug-likeness (QED) is 0.172. The van der Waals surface area contributed by atoms with E-state index in [-0.39, 0.29) is 23.0 Å². The highest BCUT2D eigenvalue weighted by molar-refractivity contribution is 6.31. The number of benzene rings is 4. The van der Waals surface area contributed by atoms with Gasteiger partial charge in [-0.05, 0) is 53.6 Å². The molecule has 44 heavy (non-hydrogen) atoms. The first-order valence-electron chi connectivity index (χ1n) is 13.2. The fourth-order valence-corrected chi connectivity index (χ4v) is 5.01. The zero-order valence-electron chi connectivity index (χ0n) is 23.3. The summed E-state index contributed by atoms with van der Waals surface area (Å²) in [6, 6.07) is 24.3. The maximum atomic E-state index is 13.4. The van der Waals surface area contributed by atoms with Crippen molar-refractivity contribution in [2.75, 3.05) is 14.2 Å². The minimum Gasteiger partial charge on any atom is -0.494 e. The lowest BCUT2D eigenvalue weighted by atomic mass is 9.98. The number of hydrogen-bond acceptors (Lipinski definition) is 8. The summed E-state index contributed by atoms with van der Waals surface area (Å²) in [6.07, 6.45) is 2.92. The molecule has 0 aliphatic rings. The summed E-state index contributed by atoms with van der Waals surface area (Å²) in [5.41, 5.74) is 3.91. The molecule has 6 rings (SSSR count). The van der Waals surface area contributed by atoms with Gasteiger partial charge in [0.2, 0.25) is 11.6 Å². The van der Waals surface area contributed by atoms with Crippen molar-refractivity contribution in [3.63, 3.8) is 0 Å². The van der Waals surface area contributed by atoms with Crippen molar-refractivity contribution < 1.29 is 19.1 Å². The van der Waals surface area contributed by atoms with Crippen molar-refractivity contribution >= 4 is 34.8 Å². The Morgan fingerprint density at radius 2 is 1.39 bits per heavy atom. The molecule has 4 aromatic carbocycles. The first-order valence-corrected chi connectivity index (χ1v) is 13.9. The Hall–Kier alpha value is -5.32. The van der Waals surface area contributed by atoms with Gasteiger partial charge >= 0.3 is 0 Å². The molecule has 2 heterocycles. The average molecular weight is 625 g/mol. The fourth-order valence-electron chi connectivity index (χ4n) is 4.67. The molecular weight excluding hydrogens is 603 g/mol. The molecule has 0 amide bonds. The standard InChI is InChI=1S/C32H22Cl2N6O4/c1-43-29-12-10-23(33)15-26(29)39-18-25(36-38-39)31(41)22-5-3-4-21(14-22)19-6-8-20(9-7-19)32(42)28-17-35-37-40(28)27-16-24(34)11-13-30(27)44-2/h3-18H,1-2H3. The van der Waals surface area contributed by atoms with E-state index < -0.39 is 0 Å². The van der Waals surface area contributed by atoms with Crippen LogP contribution in [0.3, 0.4) is 0 Å². The molecule has 0 aliphatic carbocycles. The Morgan fingerprint density at radius 3 is 2.09 bits per heavy atom. The Balaban J connectivity index is 1.24. The van der Waals surface area contributed by atoms with Gasteiger partial charge in [-0.1, -0.05) is 76.1 Å². The number of methoxy groups -OCH3 is 2. The van der Waals surface area contributed by atoms with Crippen LogP contribution in [0.25, 0.3) is 22.5 Å². The summed E-state index contributed by atoms with van der Waals surface area (Å²) in [5, 5.41) is 17.2. The SMILES string of the molecule is COc1ccc(Cl)cc1-n1cc(C(=O)c2cccc(-c3ccc(C(=O)c4cnnn4-c4cc(Cl)ccc4OC)cc3)c2)nn1. The van der Waals surface area contributed by atoms with Gasteiger partial charge < -0.3 is 9.47 Å². The third kappa shape index (κ3) is 5.56. The lowest BCUT2D eigenvalue weighted by molar-refractivity contribution is 0.102. The van der Waals surface area contributed by atoms with Crippen LogP contribution in [0.5, 0.6) is 11.5 Å². The number of rotatable bonds is 9. The Kier molecular flexibility index (Phi) is 7.93. The van der Waals surface area contributed by atoms with Crippen molar-refractivity contribution in [3.05, 3.63) is 130 Å². The highest BCUT2D eigenvalue weighted by Crippen LogP contribution is 2.29. The molecule has 0 N–H and O–H groups in total. The minimum atomic E-state index is -0.303. The second kappa shape index (κ2) is 12.1. The first kappa shape index (κ1) is 28.8. The van der Waals surface area contributed by atoms with E-state index in [4.69, 9.17) is 32.7 Å². The second-order valence-electron chi connectivity index (χ2n) is 9.53. The summed E-state index contributed by atoms with van der Waals surface area (Å²) in [7, 11) is 3.06. The lowest BCUT2D eigenvalue weighted by Crippen LogP contribution is -2.11. The van der Waals surface area contributed by atoms with Gasteiger partial charge in [0.25, 0.3) is 0 Å². The number of ether oxygens (including phenoxy) is 2. The van der Waals surface area contributed by atoms with E-state index in [1.54, 1.807) is 66.7 Å². The largest absolute Gasteiger partial charge is 0.494 e. The number of ketones is 2. The number of carbonyl (C=O) groups is 2. The predicted octanol–water partition coefficient (Wildman–Crippen LogP) is 6.30. The molecule has 0 radical (unpaired) electrons. The van der Waals surface area contributed by atoms with Crippen LogP contribution in [0.1, 0.15) is 32.1 Å². The summed E-state index contributed by atoms with van der Waals surface area (Å²) in [5.74, 6) is 0.438. The van der Waals surface area contributed by atoms with E-state index in [1.807, 2.05) is 18.2 Å². The third-order valence-corrected chi connectivity index (χ3v) is 7.34. The smallest absolute Gasteiger partial charge is 0.214 e. The molecule has 0 fully saturated rings. The number of carbonyl (C=O) groups excluding carboxylic acids is 2. The second-order valence-corrected chi connectivity index (χ2v) is 10.4. The van der Waals surface area contributed by atoms with Gasteiger partial charge in [-0.3, -0.25) is 9.59 Å². The van der Waals surface area contributed by atoms with Gasteiger partial charge in [0, 0.05) is 21.2 Å². The number of aromatic nitrogens is 6. The van der Waals surface area contributed by atoms with Crippen LogP contribution in [0.4, 0.5) is 0 Å². The maximum Gasteiger partial charge on any atom is 0.214 e. The third-order valence-electron chi connectivity index (χ3n) is 6.87. The van der Waals surface area contributed by atoms with E-state index in [1.165, 1.54) is 36.0 Å². The number of halogens is 2. The molecule has 12 heteroatoms. The highest BCUT2D eigenvalue weighted by Gasteiger charge is 2.20. The van der Waals surface area contributed by atoms with Crippen LogP contribution < -0.4 is 9.47 Å². The van der Waals surface area contributed by atoms with Crippen molar-refractivity contribution in [1.29, 1.82) is 0 Å². The van der Waals surface area contributed by atoms with Crippen molar-refractivity contribution in [1.82, 2.24) is 30.0 Å². The number of hydrogen-bond donors (Lipinski definition) is 0. The van der Waals surface area contributed by atoms with Crippen molar-refractivity contribution in [3.8, 4) is 34.0 Å². The molecule has 0 bridgehead atoms. The van der Waals surface area contributed by atoms with E-state index in [0.29, 0.717) is 44.0 Å². The molecule has 0 saturated heterocycles. The Labute approximate surface area is 261 Å². The van der Waals surface area contributed by atoms with Gasteiger partial charge in [0.05, 0.1) is 26.6 Å². The van der Waals surface area contributed by atoms with Gasteiger partial charge in [0.15, 0.2) is 5.69 Å². The normalized spacial score (nSPS) is 10.9. The monoisotopic (exact) mass is 624 g/mol. The van der Waals surface area contributed by atoms with Crippen LogP contribution >= 0.6 is 23.2 Å². The van der Waals surface area contributed by atoms with Gasteiger partial charge in [-0.2, -0.15) is 0 Å². The fraction of sp³-hybridized carbons (Fsp3) is 0.0625. The molecule has 2 aromatic heterocycles. The molecule has 6 aromatic rings. The summed E-state index contributed by atoms with van der Waals surface area (Å²) < 4.78 is 13.6. The van der Waals surface area contributed by atoms with E-state index >= 15 is 0 Å². The summed E-state index contributed by atoms with van der Waals surface area (Å²) in [6.45, 7) is 0. The van der Waals surface area contributed by atoms with Gasteiger partial charge in [-0.25, -0.2) is 9.36 Å². The van der Waals surface area contributed by atoms with Crippen LogP contribution in [0, 0.1) is 0 Å². The van der Waals surface area contributed by atoms with Gasteiger partial charge in [-0.15, -0.1) is 10.2 Å². The summed E-state index contributed by atoms with van der Waals surface area (Å²) >= 11 is 12.3. The predicted molar refractivity (Wildman–Crippen MR) is 165 cm³/mol. The van der Waals surface area contributed by atoms with Crippen LogP contribution in [0.2, 0.25) is 10.0 Å². The molecule has 218 valence electrons. The van der Waals surface area contributed by atoms with Gasteiger partial charge in [0.1, 0.15) is 28.6 Å². The van der Waals surface area contributed by atoms with Crippen LogP contribution in [-0.2, 0) is 0 Å². The highest BCUT2D eigenvalue weighted by atomic mass is 35.5. The average Bonchev–Trinajstić information content (AvgIpc) is 3.75. The van der Waals surface area contributed by atoms with Crippen LogP contribution in [0.15, 0.2) is 97.3 Å². The van der Waals surface area contributed by atoms with Crippen molar-refractivity contribution in [2.45, 2.75) is 0 Å². The first-order chi connectivity index (χ1) is 21.4. The zero-order chi connectivity index (χ0) is 30.8. The molecule has 0 saturated carbocycles. The molecule has 0 unspecified atom stereocenters. The van der Waals surface area contributed by atoms with E-state index in [2.05, 4.69) is 20.6 Å². The van der Waals surface area contributed by atoms with E-state index in [0.717, 1.165) is 11.1 Å². The molecule has 0 atom stereocenters.